The standard InChI is InChI=1S/C17H21N3O2/c1-12-15(13(2)22-19-12)11-20-9-8-18-17(21)10-16(20)14-6-4-3-5-7-14/h3-7,16H,8-11H2,1-2H3,(H,18,21). The molecule has 2 aromatic rings. The summed E-state index contributed by atoms with van der Waals surface area (Å²) in [5, 5.41) is 7.00. The topological polar surface area (TPSA) is 58.4 Å². The van der Waals surface area contributed by atoms with Crippen LogP contribution in [-0.4, -0.2) is 29.1 Å². The van der Waals surface area contributed by atoms with Crippen LogP contribution in [0.4, 0.5) is 0 Å². The summed E-state index contributed by atoms with van der Waals surface area (Å²) in [5.41, 5.74) is 3.22. The molecule has 1 aliphatic heterocycles. The Labute approximate surface area is 130 Å². The molecule has 1 atom stereocenters. The van der Waals surface area contributed by atoms with Crippen molar-refractivity contribution < 1.29 is 9.32 Å². The van der Waals surface area contributed by atoms with E-state index in [1.807, 2.05) is 32.0 Å². The average Bonchev–Trinajstić information content (AvgIpc) is 2.73. The summed E-state index contributed by atoms with van der Waals surface area (Å²) in [6, 6.07) is 10.3. The highest BCUT2D eigenvalue weighted by Gasteiger charge is 2.27. The minimum absolute atomic E-state index is 0.0809. The van der Waals surface area contributed by atoms with Crippen molar-refractivity contribution in [2.75, 3.05) is 13.1 Å². The van der Waals surface area contributed by atoms with E-state index in [-0.39, 0.29) is 11.9 Å². The maximum absolute atomic E-state index is 12.0. The Morgan fingerprint density at radius 1 is 1.32 bits per heavy atom. The molecule has 0 spiro atoms. The second-order valence-corrected chi connectivity index (χ2v) is 5.75. The molecule has 1 aliphatic rings. The maximum atomic E-state index is 12.0. The number of benzene rings is 1. The SMILES string of the molecule is Cc1noc(C)c1CN1CCNC(=O)CC1c1ccccc1. The van der Waals surface area contributed by atoms with Crippen LogP contribution in [0.15, 0.2) is 34.9 Å². The van der Waals surface area contributed by atoms with E-state index in [9.17, 15) is 4.79 Å². The molecule has 5 nitrogen and oxygen atoms in total. The number of hydrogen-bond acceptors (Lipinski definition) is 4. The minimum atomic E-state index is 0.0809. The van der Waals surface area contributed by atoms with Gasteiger partial charge in [-0.15, -0.1) is 0 Å². The highest BCUT2D eigenvalue weighted by Crippen LogP contribution is 2.28. The van der Waals surface area contributed by atoms with Crippen molar-refractivity contribution >= 4 is 5.91 Å². The van der Waals surface area contributed by atoms with E-state index < -0.39 is 0 Å². The second-order valence-electron chi connectivity index (χ2n) is 5.75. The Balaban J connectivity index is 1.90. The van der Waals surface area contributed by atoms with Gasteiger partial charge < -0.3 is 9.84 Å². The van der Waals surface area contributed by atoms with Gasteiger partial charge in [0, 0.05) is 37.7 Å². The van der Waals surface area contributed by atoms with Gasteiger partial charge >= 0.3 is 0 Å². The van der Waals surface area contributed by atoms with Gasteiger partial charge in [-0.1, -0.05) is 35.5 Å². The summed E-state index contributed by atoms with van der Waals surface area (Å²) in [5.74, 6) is 0.961. The molecule has 1 aromatic heterocycles. The molecule has 22 heavy (non-hydrogen) atoms. The molecule has 0 saturated carbocycles. The number of aryl methyl sites for hydroxylation is 2. The van der Waals surface area contributed by atoms with E-state index >= 15 is 0 Å². The Kier molecular flexibility index (Phi) is 4.24. The van der Waals surface area contributed by atoms with Crippen LogP contribution in [0.25, 0.3) is 0 Å². The Morgan fingerprint density at radius 3 is 2.77 bits per heavy atom. The Hall–Kier alpha value is -2.14. The van der Waals surface area contributed by atoms with Crippen molar-refractivity contribution in [3.05, 3.63) is 52.9 Å². The van der Waals surface area contributed by atoms with E-state index in [1.165, 1.54) is 5.56 Å². The van der Waals surface area contributed by atoms with Crippen LogP contribution in [0.1, 0.15) is 35.0 Å². The largest absolute Gasteiger partial charge is 0.361 e. The first kappa shape index (κ1) is 14.8. The summed E-state index contributed by atoms with van der Waals surface area (Å²) in [6.45, 7) is 6.13. The molecule has 116 valence electrons. The van der Waals surface area contributed by atoms with Crippen LogP contribution in [0.5, 0.6) is 0 Å². The Bertz CT molecular complexity index is 632. The number of nitrogens with one attached hydrogen (secondary N) is 1. The lowest BCUT2D eigenvalue weighted by Crippen LogP contribution is -2.30. The zero-order chi connectivity index (χ0) is 15.5. The van der Waals surface area contributed by atoms with Gasteiger partial charge in [0.05, 0.1) is 5.69 Å². The summed E-state index contributed by atoms with van der Waals surface area (Å²) in [7, 11) is 0. The summed E-state index contributed by atoms with van der Waals surface area (Å²) in [4.78, 5) is 14.3. The van der Waals surface area contributed by atoms with Gasteiger partial charge in [-0.3, -0.25) is 9.69 Å². The first-order valence-electron chi connectivity index (χ1n) is 7.62. The molecule has 3 rings (SSSR count). The lowest BCUT2D eigenvalue weighted by Gasteiger charge is -2.29. The highest BCUT2D eigenvalue weighted by molar-refractivity contribution is 5.77. The van der Waals surface area contributed by atoms with E-state index in [2.05, 4.69) is 27.5 Å². The molecule has 2 heterocycles. The van der Waals surface area contributed by atoms with Gasteiger partial charge in [-0.05, 0) is 19.4 Å². The molecule has 5 heteroatoms. The molecule has 1 fully saturated rings. The van der Waals surface area contributed by atoms with Gasteiger partial charge in [0.2, 0.25) is 5.91 Å². The van der Waals surface area contributed by atoms with Gasteiger partial charge in [0.1, 0.15) is 5.76 Å². The number of carbonyl (C=O) groups excluding carboxylic acids is 1. The average molecular weight is 299 g/mol. The number of rotatable bonds is 3. The van der Waals surface area contributed by atoms with Gasteiger partial charge in [0.15, 0.2) is 0 Å². The van der Waals surface area contributed by atoms with E-state index in [4.69, 9.17) is 4.52 Å². The second kappa shape index (κ2) is 6.32. The molecular weight excluding hydrogens is 278 g/mol. The summed E-state index contributed by atoms with van der Waals surface area (Å²) >= 11 is 0. The minimum Gasteiger partial charge on any atom is -0.361 e. The molecule has 1 N–H and O–H groups in total. The third kappa shape index (κ3) is 3.04. The quantitative estimate of drug-likeness (QED) is 0.945. The Morgan fingerprint density at radius 2 is 2.09 bits per heavy atom. The third-order valence-corrected chi connectivity index (χ3v) is 4.27. The van der Waals surface area contributed by atoms with E-state index in [0.717, 1.165) is 30.1 Å². The third-order valence-electron chi connectivity index (χ3n) is 4.27. The predicted molar refractivity (Wildman–Crippen MR) is 83.2 cm³/mol. The summed E-state index contributed by atoms with van der Waals surface area (Å²) in [6.07, 6.45) is 0.480. The van der Waals surface area contributed by atoms with Crippen LogP contribution in [-0.2, 0) is 11.3 Å². The van der Waals surface area contributed by atoms with Crippen molar-refractivity contribution in [1.29, 1.82) is 0 Å². The van der Waals surface area contributed by atoms with Crippen LogP contribution >= 0.6 is 0 Å². The molecule has 1 aromatic carbocycles. The van der Waals surface area contributed by atoms with Gasteiger partial charge in [0.25, 0.3) is 0 Å². The fraction of sp³-hybridized carbons (Fsp3) is 0.412. The van der Waals surface area contributed by atoms with Gasteiger partial charge in [-0.2, -0.15) is 0 Å². The molecular formula is C17H21N3O2. The molecule has 1 amide bonds. The monoisotopic (exact) mass is 299 g/mol. The lowest BCUT2D eigenvalue weighted by molar-refractivity contribution is -0.121. The van der Waals surface area contributed by atoms with Crippen molar-refractivity contribution in [2.24, 2.45) is 0 Å². The number of hydrogen-bond donors (Lipinski definition) is 1. The summed E-state index contributed by atoms with van der Waals surface area (Å²) < 4.78 is 5.27. The molecule has 1 unspecified atom stereocenters. The normalized spacial score (nSPS) is 19.7. The number of aromatic nitrogens is 1. The predicted octanol–water partition coefficient (Wildman–Crippen LogP) is 2.35. The zero-order valence-electron chi connectivity index (χ0n) is 13.0. The zero-order valence-corrected chi connectivity index (χ0v) is 13.0. The number of amides is 1. The first-order chi connectivity index (χ1) is 10.6. The first-order valence-corrected chi connectivity index (χ1v) is 7.62. The number of carbonyl (C=O) groups is 1. The van der Waals surface area contributed by atoms with Gasteiger partial charge in [-0.25, -0.2) is 0 Å². The van der Waals surface area contributed by atoms with Crippen LogP contribution in [0.2, 0.25) is 0 Å². The fourth-order valence-corrected chi connectivity index (χ4v) is 3.00. The van der Waals surface area contributed by atoms with Crippen LogP contribution in [0.3, 0.4) is 0 Å². The molecule has 1 saturated heterocycles. The highest BCUT2D eigenvalue weighted by atomic mass is 16.5. The van der Waals surface area contributed by atoms with Crippen molar-refractivity contribution in [1.82, 2.24) is 15.4 Å². The van der Waals surface area contributed by atoms with Crippen LogP contribution in [0, 0.1) is 13.8 Å². The smallest absolute Gasteiger partial charge is 0.221 e. The number of nitrogens with zero attached hydrogens (tertiary/aromatic N) is 2. The van der Waals surface area contributed by atoms with Crippen molar-refractivity contribution in [3.63, 3.8) is 0 Å². The van der Waals surface area contributed by atoms with E-state index in [1.54, 1.807) is 0 Å². The van der Waals surface area contributed by atoms with Crippen molar-refractivity contribution in [2.45, 2.75) is 32.9 Å². The maximum Gasteiger partial charge on any atom is 0.221 e. The molecule has 0 radical (unpaired) electrons. The molecule has 0 aliphatic carbocycles. The fourth-order valence-electron chi connectivity index (χ4n) is 3.00. The van der Waals surface area contributed by atoms with Crippen LogP contribution < -0.4 is 5.32 Å². The van der Waals surface area contributed by atoms with E-state index in [0.29, 0.717) is 13.0 Å². The lowest BCUT2D eigenvalue weighted by atomic mass is 10.0. The van der Waals surface area contributed by atoms with Crippen molar-refractivity contribution in [3.8, 4) is 0 Å². The molecule has 0 bridgehead atoms.